The van der Waals surface area contributed by atoms with Crippen LogP contribution in [-0.4, -0.2) is 14.8 Å². The van der Waals surface area contributed by atoms with Crippen LogP contribution in [-0.2, 0) is 6.42 Å². The molecule has 1 heterocycles. The number of halogens is 2. The van der Waals surface area contributed by atoms with Gasteiger partial charge in [-0.1, -0.05) is 35.0 Å². The van der Waals surface area contributed by atoms with E-state index < -0.39 is 0 Å². The van der Waals surface area contributed by atoms with E-state index in [0.717, 1.165) is 23.1 Å². The van der Waals surface area contributed by atoms with Crippen LogP contribution in [0.25, 0.3) is 0 Å². The van der Waals surface area contributed by atoms with Crippen molar-refractivity contribution in [2.24, 2.45) is 0 Å². The van der Waals surface area contributed by atoms with Crippen LogP contribution in [0.4, 0.5) is 0 Å². The summed E-state index contributed by atoms with van der Waals surface area (Å²) >= 11 is 9.63. The molecule has 1 aromatic heterocycles. The molecule has 0 saturated carbocycles. The highest BCUT2D eigenvalue weighted by Crippen LogP contribution is 2.25. The lowest BCUT2D eigenvalue weighted by molar-refractivity contribution is 0.596. The SMILES string of the molecule is CCCc1nnc(Cl)n1C(C)c1cccc(Br)c1. The summed E-state index contributed by atoms with van der Waals surface area (Å²) in [5, 5.41) is 8.56. The molecule has 0 aliphatic rings. The molecule has 96 valence electrons. The molecule has 1 unspecified atom stereocenters. The van der Waals surface area contributed by atoms with Crippen LogP contribution >= 0.6 is 27.5 Å². The molecule has 3 nitrogen and oxygen atoms in total. The highest BCUT2D eigenvalue weighted by Gasteiger charge is 2.17. The number of benzene rings is 1. The molecule has 5 heteroatoms. The number of hydrogen-bond donors (Lipinski definition) is 0. The maximum Gasteiger partial charge on any atom is 0.225 e. The monoisotopic (exact) mass is 327 g/mol. The summed E-state index contributed by atoms with van der Waals surface area (Å²) in [6.07, 6.45) is 1.91. The lowest BCUT2D eigenvalue weighted by Gasteiger charge is -2.17. The summed E-state index contributed by atoms with van der Waals surface area (Å²) in [6.45, 7) is 4.23. The van der Waals surface area contributed by atoms with Gasteiger partial charge in [-0.05, 0) is 42.6 Å². The third kappa shape index (κ3) is 2.75. The molecule has 0 saturated heterocycles. The summed E-state index contributed by atoms with van der Waals surface area (Å²) in [7, 11) is 0. The van der Waals surface area contributed by atoms with E-state index in [4.69, 9.17) is 11.6 Å². The third-order valence-electron chi connectivity index (χ3n) is 2.92. The topological polar surface area (TPSA) is 30.7 Å². The molecule has 1 aromatic carbocycles. The Morgan fingerprint density at radius 3 is 2.83 bits per heavy atom. The number of rotatable bonds is 4. The fourth-order valence-corrected chi connectivity index (χ4v) is 2.69. The summed E-state index contributed by atoms with van der Waals surface area (Å²) < 4.78 is 3.06. The standard InChI is InChI=1S/C13H15BrClN3/c1-3-5-12-16-17-13(15)18(12)9(2)10-6-4-7-11(14)8-10/h4,6-9H,3,5H2,1-2H3. The van der Waals surface area contributed by atoms with E-state index in [0.29, 0.717) is 5.28 Å². The number of aromatic nitrogens is 3. The first kappa shape index (κ1) is 13.6. The van der Waals surface area contributed by atoms with Gasteiger partial charge >= 0.3 is 0 Å². The molecule has 0 fully saturated rings. The van der Waals surface area contributed by atoms with Gasteiger partial charge in [0.15, 0.2) is 0 Å². The summed E-state index contributed by atoms with van der Waals surface area (Å²) in [6, 6.07) is 8.34. The molecule has 2 rings (SSSR count). The maximum absolute atomic E-state index is 6.14. The molecule has 0 N–H and O–H groups in total. The zero-order chi connectivity index (χ0) is 13.1. The Labute approximate surface area is 120 Å². The number of hydrogen-bond acceptors (Lipinski definition) is 2. The first-order valence-corrected chi connectivity index (χ1v) is 7.15. The number of nitrogens with zero attached hydrogens (tertiary/aromatic N) is 3. The molecule has 0 radical (unpaired) electrons. The Morgan fingerprint density at radius 1 is 1.39 bits per heavy atom. The minimum atomic E-state index is 0.131. The van der Waals surface area contributed by atoms with Crippen molar-refractivity contribution in [2.45, 2.75) is 32.7 Å². The Bertz CT molecular complexity index is 539. The van der Waals surface area contributed by atoms with Gasteiger partial charge < -0.3 is 0 Å². The van der Waals surface area contributed by atoms with Gasteiger partial charge in [0.05, 0.1) is 6.04 Å². The minimum Gasteiger partial charge on any atom is -0.294 e. The average molecular weight is 329 g/mol. The minimum absolute atomic E-state index is 0.131. The molecular weight excluding hydrogens is 314 g/mol. The molecule has 0 bridgehead atoms. The second-order valence-electron chi connectivity index (χ2n) is 4.24. The van der Waals surface area contributed by atoms with Crippen LogP contribution < -0.4 is 0 Å². The zero-order valence-electron chi connectivity index (χ0n) is 10.4. The van der Waals surface area contributed by atoms with E-state index in [-0.39, 0.29) is 6.04 Å². The summed E-state index contributed by atoms with van der Waals surface area (Å²) in [4.78, 5) is 0. The van der Waals surface area contributed by atoms with Gasteiger partial charge in [-0.3, -0.25) is 4.57 Å². The highest BCUT2D eigenvalue weighted by atomic mass is 79.9. The Kier molecular flexibility index (Phi) is 4.40. The highest BCUT2D eigenvalue weighted by molar-refractivity contribution is 9.10. The van der Waals surface area contributed by atoms with Crippen molar-refractivity contribution in [3.8, 4) is 0 Å². The van der Waals surface area contributed by atoms with Gasteiger partial charge in [0.25, 0.3) is 0 Å². The van der Waals surface area contributed by atoms with Gasteiger partial charge in [-0.25, -0.2) is 0 Å². The second kappa shape index (κ2) is 5.85. The molecule has 1 atom stereocenters. The van der Waals surface area contributed by atoms with Crippen LogP contribution in [0, 0.1) is 0 Å². The normalized spacial score (nSPS) is 12.7. The first-order valence-electron chi connectivity index (χ1n) is 5.98. The van der Waals surface area contributed by atoms with Gasteiger partial charge in [0.1, 0.15) is 5.82 Å². The Hall–Kier alpha value is -0.870. The fraction of sp³-hybridized carbons (Fsp3) is 0.385. The van der Waals surface area contributed by atoms with E-state index in [1.54, 1.807) is 0 Å². The predicted molar refractivity (Wildman–Crippen MR) is 77.0 cm³/mol. The molecule has 0 spiro atoms. The third-order valence-corrected chi connectivity index (χ3v) is 3.67. The van der Waals surface area contributed by atoms with Crippen molar-refractivity contribution in [1.82, 2.24) is 14.8 Å². The van der Waals surface area contributed by atoms with E-state index in [1.807, 2.05) is 16.7 Å². The van der Waals surface area contributed by atoms with Gasteiger partial charge in [-0.2, -0.15) is 0 Å². The largest absolute Gasteiger partial charge is 0.294 e. The van der Waals surface area contributed by atoms with Gasteiger partial charge in [0, 0.05) is 10.9 Å². The van der Waals surface area contributed by atoms with Crippen LogP contribution in [0.3, 0.4) is 0 Å². The van der Waals surface area contributed by atoms with E-state index in [2.05, 4.69) is 52.1 Å². The van der Waals surface area contributed by atoms with E-state index in [1.165, 1.54) is 5.56 Å². The van der Waals surface area contributed by atoms with Crippen molar-refractivity contribution in [1.29, 1.82) is 0 Å². The summed E-state index contributed by atoms with van der Waals surface area (Å²) in [5.74, 6) is 0.940. The molecular formula is C13H15BrClN3. The molecule has 0 aliphatic heterocycles. The second-order valence-corrected chi connectivity index (χ2v) is 5.49. The zero-order valence-corrected chi connectivity index (χ0v) is 12.7. The van der Waals surface area contributed by atoms with Crippen molar-refractivity contribution < 1.29 is 0 Å². The van der Waals surface area contributed by atoms with E-state index in [9.17, 15) is 0 Å². The van der Waals surface area contributed by atoms with E-state index >= 15 is 0 Å². The Morgan fingerprint density at radius 2 is 2.17 bits per heavy atom. The molecule has 0 amide bonds. The van der Waals surface area contributed by atoms with Crippen molar-refractivity contribution in [2.75, 3.05) is 0 Å². The van der Waals surface area contributed by atoms with Crippen molar-refractivity contribution in [3.63, 3.8) is 0 Å². The predicted octanol–water partition coefficient (Wildman–Crippen LogP) is 4.26. The first-order chi connectivity index (χ1) is 8.63. The fourth-order valence-electron chi connectivity index (χ4n) is 1.99. The summed E-state index contributed by atoms with van der Waals surface area (Å²) in [5.41, 5.74) is 1.18. The van der Waals surface area contributed by atoms with Gasteiger partial charge in [0.2, 0.25) is 5.28 Å². The lowest BCUT2D eigenvalue weighted by Crippen LogP contribution is -2.11. The smallest absolute Gasteiger partial charge is 0.225 e. The molecule has 2 aromatic rings. The molecule has 0 aliphatic carbocycles. The van der Waals surface area contributed by atoms with Crippen LogP contribution in [0.5, 0.6) is 0 Å². The van der Waals surface area contributed by atoms with Crippen molar-refractivity contribution in [3.05, 3.63) is 45.4 Å². The molecule has 18 heavy (non-hydrogen) atoms. The Balaban J connectivity index is 2.39. The maximum atomic E-state index is 6.14. The van der Waals surface area contributed by atoms with Gasteiger partial charge in [-0.15, -0.1) is 10.2 Å². The quantitative estimate of drug-likeness (QED) is 0.839. The van der Waals surface area contributed by atoms with Crippen molar-refractivity contribution >= 4 is 27.5 Å². The van der Waals surface area contributed by atoms with Crippen LogP contribution in [0.1, 0.15) is 37.7 Å². The average Bonchev–Trinajstić information content (AvgIpc) is 2.70. The lowest BCUT2D eigenvalue weighted by atomic mass is 10.1. The van der Waals surface area contributed by atoms with Crippen LogP contribution in [0.15, 0.2) is 28.7 Å². The number of aryl methyl sites for hydroxylation is 1. The van der Waals surface area contributed by atoms with Crippen LogP contribution in [0.2, 0.25) is 5.28 Å².